The molecule has 2 N–H and O–H groups in total. The number of aryl methyl sites for hydroxylation is 3. The van der Waals surface area contributed by atoms with Gasteiger partial charge in [0.2, 0.25) is 5.91 Å². The Morgan fingerprint density at radius 1 is 1.16 bits per heavy atom. The molecule has 0 unspecified atom stereocenters. The molecule has 162 valence electrons. The largest absolute Gasteiger partial charge is 0.354 e. The molecule has 9 heteroatoms. The molecular weight excluding hydrogens is 434 g/mol. The number of anilines is 2. The van der Waals surface area contributed by atoms with Crippen LogP contribution in [-0.4, -0.2) is 19.5 Å². The van der Waals surface area contributed by atoms with E-state index in [1.54, 1.807) is 31.2 Å². The second-order valence-corrected chi connectivity index (χ2v) is 10.7. The summed E-state index contributed by atoms with van der Waals surface area (Å²) >= 11 is 1.14. The molecule has 2 aromatic heterocycles. The number of hydrogen-bond donors (Lipinski definition) is 2. The molecule has 0 radical (unpaired) electrons. The fourth-order valence-electron chi connectivity index (χ4n) is 2.99. The van der Waals surface area contributed by atoms with Gasteiger partial charge in [-0.1, -0.05) is 17.3 Å². The molecule has 0 aliphatic heterocycles. The first-order chi connectivity index (χ1) is 14.7. The van der Waals surface area contributed by atoms with Gasteiger partial charge in [-0.3, -0.25) is 9.52 Å². The van der Waals surface area contributed by atoms with Gasteiger partial charge < -0.3 is 9.84 Å². The highest BCUT2D eigenvalue weighted by molar-refractivity contribution is 7.94. The first-order valence-corrected chi connectivity index (χ1v) is 12.2. The van der Waals surface area contributed by atoms with E-state index in [-0.39, 0.29) is 16.0 Å². The lowest BCUT2D eigenvalue weighted by Crippen LogP contribution is -2.14. The average molecular weight is 458 g/mol. The van der Waals surface area contributed by atoms with Gasteiger partial charge in [0, 0.05) is 10.8 Å². The highest BCUT2D eigenvalue weighted by Crippen LogP contribution is 2.32. The Kier molecular flexibility index (Phi) is 5.72. The summed E-state index contributed by atoms with van der Waals surface area (Å²) in [6.07, 6.45) is 5.24. The summed E-state index contributed by atoms with van der Waals surface area (Å²) in [7, 11) is -3.70. The van der Waals surface area contributed by atoms with Crippen molar-refractivity contribution in [3.63, 3.8) is 0 Å². The maximum absolute atomic E-state index is 12.8. The zero-order valence-corrected chi connectivity index (χ0v) is 19.1. The molecule has 7 nitrogen and oxygen atoms in total. The van der Waals surface area contributed by atoms with E-state index in [0.717, 1.165) is 40.2 Å². The molecule has 1 aliphatic carbocycles. The number of rotatable bonds is 7. The maximum atomic E-state index is 12.8. The summed E-state index contributed by atoms with van der Waals surface area (Å²) in [5, 5.41) is 6.80. The van der Waals surface area contributed by atoms with Gasteiger partial charge in [0.25, 0.3) is 10.0 Å². The third kappa shape index (κ3) is 4.88. The predicted octanol–water partition coefficient (Wildman–Crippen LogP) is 4.98. The summed E-state index contributed by atoms with van der Waals surface area (Å²) in [4.78, 5) is 12.8. The van der Waals surface area contributed by atoms with Crippen LogP contribution in [0.5, 0.6) is 0 Å². The second kappa shape index (κ2) is 8.32. The number of nitrogens with one attached hydrogen (secondary N) is 2. The minimum atomic E-state index is -3.70. The molecule has 0 bridgehead atoms. The second-order valence-electron chi connectivity index (χ2n) is 7.68. The Bertz CT molecular complexity index is 1270. The van der Waals surface area contributed by atoms with Crippen molar-refractivity contribution in [1.82, 2.24) is 5.16 Å². The molecule has 2 heterocycles. The molecule has 1 amide bonds. The van der Waals surface area contributed by atoms with Gasteiger partial charge in [0.1, 0.15) is 15.6 Å². The number of carbonyl (C=O) groups is 1. The SMILES string of the molecule is Cc1ccc(C)c(NS(=O)(=O)c2ccc(C=Cc3onc(C)c3NC(=O)C3CC3)s2)c1. The molecule has 4 rings (SSSR count). The first kappa shape index (κ1) is 21.3. The van der Waals surface area contributed by atoms with Crippen molar-refractivity contribution in [3.05, 3.63) is 57.8 Å². The quantitative estimate of drug-likeness (QED) is 0.521. The Morgan fingerprint density at radius 3 is 2.68 bits per heavy atom. The van der Waals surface area contributed by atoms with Gasteiger partial charge in [-0.05, 0) is 75.1 Å². The summed E-state index contributed by atoms with van der Waals surface area (Å²) in [5.41, 5.74) is 3.55. The van der Waals surface area contributed by atoms with Crippen molar-refractivity contribution in [2.45, 2.75) is 37.8 Å². The van der Waals surface area contributed by atoms with Crippen molar-refractivity contribution in [1.29, 1.82) is 0 Å². The lowest BCUT2D eigenvalue weighted by Gasteiger charge is -2.10. The molecular formula is C22H23N3O4S2. The van der Waals surface area contributed by atoms with E-state index in [4.69, 9.17) is 4.52 Å². The van der Waals surface area contributed by atoms with E-state index in [2.05, 4.69) is 15.2 Å². The Balaban J connectivity index is 1.51. The number of carbonyl (C=O) groups excluding carboxylic acids is 1. The molecule has 31 heavy (non-hydrogen) atoms. The summed E-state index contributed by atoms with van der Waals surface area (Å²) < 4.78 is 33.8. The maximum Gasteiger partial charge on any atom is 0.271 e. The highest BCUT2D eigenvalue weighted by Gasteiger charge is 2.30. The zero-order chi connectivity index (χ0) is 22.2. The van der Waals surface area contributed by atoms with Crippen LogP contribution in [0.4, 0.5) is 11.4 Å². The normalized spacial score (nSPS) is 14.2. The molecule has 1 saturated carbocycles. The average Bonchev–Trinajstić information content (AvgIpc) is 3.36. The monoisotopic (exact) mass is 457 g/mol. The van der Waals surface area contributed by atoms with Crippen molar-refractivity contribution in [2.75, 3.05) is 10.0 Å². The standard InChI is InChI=1S/C22H23N3O4S2/c1-13-4-5-14(2)18(12-13)25-31(27,28)20-11-9-17(30-20)8-10-19-21(15(3)24-29-19)23-22(26)16-6-7-16/h4-5,8-12,16,25H,6-7H2,1-3H3,(H,23,26). The highest BCUT2D eigenvalue weighted by atomic mass is 32.2. The van der Waals surface area contributed by atoms with Crippen molar-refractivity contribution >= 4 is 50.8 Å². The molecule has 0 atom stereocenters. The van der Waals surface area contributed by atoms with E-state index in [1.165, 1.54) is 0 Å². The molecule has 3 aromatic rings. The molecule has 0 saturated heterocycles. The smallest absolute Gasteiger partial charge is 0.271 e. The van der Waals surface area contributed by atoms with Gasteiger partial charge in [0.05, 0.1) is 5.69 Å². The van der Waals surface area contributed by atoms with E-state index in [1.807, 2.05) is 32.0 Å². The van der Waals surface area contributed by atoms with Crippen LogP contribution in [0.15, 0.2) is 39.1 Å². The zero-order valence-electron chi connectivity index (χ0n) is 17.4. The minimum Gasteiger partial charge on any atom is -0.354 e. The number of hydrogen-bond acceptors (Lipinski definition) is 6. The number of aromatic nitrogens is 1. The van der Waals surface area contributed by atoms with Crippen molar-refractivity contribution in [3.8, 4) is 0 Å². The van der Waals surface area contributed by atoms with E-state index < -0.39 is 10.0 Å². The minimum absolute atomic E-state index is 0.0250. The predicted molar refractivity (Wildman–Crippen MR) is 123 cm³/mol. The van der Waals surface area contributed by atoms with Crippen LogP contribution in [0.2, 0.25) is 0 Å². The van der Waals surface area contributed by atoms with Gasteiger partial charge >= 0.3 is 0 Å². The van der Waals surface area contributed by atoms with Crippen LogP contribution in [0.1, 0.15) is 40.3 Å². The van der Waals surface area contributed by atoms with E-state index in [9.17, 15) is 13.2 Å². The number of nitrogens with zero attached hydrogens (tertiary/aromatic N) is 1. The van der Waals surface area contributed by atoms with Crippen LogP contribution < -0.4 is 10.0 Å². The van der Waals surface area contributed by atoms with Crippen LogP contribution >= 0.6 is 11.3 Å². The van der Waals surface area contributed by atoms with E-state index >= 15 is 0 Å². The third-order valence-electron chi connectivity index (χ3n) is 4.99. The van der Waals surface area contributed by atoms with Crippen molar-refractivity contribution in [2.24, 2.45) is 5.92 Å². The van der Waals surface area contributed by atoms with Gasteiger partial charge in [-0.25, -0.2) is 8.42 Å². The topological polar surface area (TPSA) is 101 Å². The lowest BCUT2D eigenvalue weighted by atomic mass is 10.1. The van der Waals surface area contributed by atoms with Crippen LogP contribution in [0.25, 0.3) is 12.2 Å². The number of sulfonamides is 1. The molecule has 1 aliphatic rings. The Morgan fingerprint density at radius 2 is 1.94 bits per heavy atom. The van der Waals surface area contributed by atoms with Crippen LogP contribution in [0.3, 0.4) is 0 Å². The Labute approximate surface area is 185 Å². The summed E-state index contributed by atoms with van der Waals surface area (Å²) in [6, 6.07) is 8.93. The number of thiophene rings is 1. The third-order valence-corrected chi connectivity index (χ3v) is 7.90. The summed E-state index contributed by atoms with van der Waals surface area (Å²) in [5.74, 6) is 0.474. The summed E-state index contributed by atoms with van der Waals surface area (Å²) in [6.45, 7) is 5.54. The molecule has 1 aromatic carbocycles. The fraction of sp³-hybridized carbons (Fsp3) is 0.273. The van der Waals surface area contributed by atoms with Gasteiger partial charge in [0.15, 0.2) is 5.76 Å². The number of amides is 1. The van der Waals surface area contributed by atoms with Crippen molar-refractivity contribution < 1.29 is 17.7 Å². The van der Waals surface area contributed by atoms with E-state index in [0.29, 0.717) is 22.8 Å². The molecule has 1 fully saturated rings. The van der Waals surface area contributed by atoms with Crippen LogP contribution in [0, 0.1) is 26.7 Å². The van der Waals surface area contributed by atoms with Gasteiger partial charge in [-0.15, -0.1) is 11.3 Å². The molecule has 0 spiro atoms. The fourth-order valence-corrected chi connectivity index (χ4v) is 5.34. The lowest BCUT2D eigenvalue weighted by molar-refractivity contribution is -0.117. The number of benzene rings is 1. The Hall–Kier alpha value is -2.91. The van der Waals surface area contributed by atoms with Gasteiger partial charge in [-0.2, -0.15) is 0 Å². The first-order valence-electron chi connectivity index (χ1n) is 9.88. The van der Waals surface area contributed by atoms with Crippen LogP contribution in [-0.2, 0) is 14.8 Å².